The second-order valence-corrected chi connectivity index (χ2v) is 7.28. The molecule has 3 heterocycles. The molecular weight excluding hydrogens is 376 g/mol. The minimum absolute atomic E-state index is 0.0558. The van der Waals surface area contributed by atoms with Gasteiger partial charge < -0.3 is 14.2 Å². The summed E-state index contributed by atoms with van der Waals surface area (Å²) in [7, 11) is 1.75. The van der Waals surface area contributed by atoms with Gasteiger partial charge in [0.1, 0.15) is 30.7 Å². The molecule has 1 aromatic heterocycles. The van der Waals surface area contributed by atoms with Gasteiger partial charge in [-0.25, -0.2) is 9.98 Å². The fourth-order valence-corrected chi connectivity index (χ4v) is 3.79. The molecule has 0 radical (unpaired) electrons. The van der Waals surface area contributed by atoms with E-state index in [1.165, 1.54) is 0 Å². The monoisotopic (exact) mass is 392 g/mol. The number of aromatic nitrogens is 2. The Hall–Kier alpha value is -3.12. The van der Waals surface area contributed by atoms with E-state index in [0.717, 1.165) is 16.8 Å². The number of aliphatic imine (C=N–C) groups is 1. The summed E-state index contributed by atoms with van der Waals surface area (Å²) in [5, 5.41) is 0.577. The van der Waals surface area contributed by atoms with Gasteiger partial charge in [0.2, 0.25) is 11.8 Å². The highest BCUT2D eigenvalue weighted by Gasteiger charge is 2.30. The van der Waals surface area contributed by atoms with Crippen LogP contribution in [-0.4, -0.2) is 35.0 Å². The van der Waals surface area contributed by atoms with Gasteiger partial charge in [-0.15, -0.1) is 0 Å². The molecule has 140 valence electrons. The molecule has 0 saturated heterocycles. The molecule has 0 saturated carbocycles. The van der Waals surface area contributed by atoms with Crippen molar-refractivity contribution in [1.29, 1.82) is 0 Å². The number of anilines is 1. The minimum Gasteiger partial charge on any atom is -0.474 e. The first-order valence-electron chi connectivity index (χ1n) is 9.00. The molecule has 1 atom stereocenters. The summed E-state index contributed by atoms with van der Waals surface area (Å²) < 4.78 is 7.75. The number of hydrogen-bond donors (Lipinski definition) is 0. The fourth-order valence-electron chi connectivity index (χ4n) is 3.63. The Morgan fingerprint density at radius 2 is 2.00 bits per heavy atom. The van der Waals surface area contributed by atoms with Crippen LogP contribution in [-0.2, 0) is 16.1 Å². The Balaban J connectivity index is 1.59. The standard InChI is InChI=1S/C21H17ClN4O2/c1-25-17-9-14(22)7-8-15(17)20-23-10-18(26(20)11-19(25)27)21-24-16(12-28-21)13-5-3-2-4-6-13/h2-10,16H,11-12H2,1H3/t16-/m1/s1. The maximum atomic E-state index is 12.8. The number of rotatable bonds is 2. The van der Waals surface area contributed by atoms with Gasteiger partial charge in [-0.1, -0.05) is 41.9 Å². The molecule has 28 heavy (non-hydrogen) atoms. The number of fused-ring (bicyclic) bond motifs is 3. The van der Waals surface area contributed by atoms with E-state index in [-0.39, 0.29) is 18.5 Å². The van der Waals surface area contributed by atoms with Crippen molar-refractivity contribution in [1.82, 2.24) is 9.55 Å². The highest BCUT2D eigenvalue weighted by atomic mass is 35.5. The molecule has 5 rings (SSSR count). The summed E-state index contributed by atoms with van der Waals surface area (Å²) in [4.78, 5) is 23.7. The van der Waals surface area contributed by atoms with Crippen molar-refractivity contribution in [3.63, 3.8) is 0 Å². The van der Waals surface area contributed by atoms with Crippen LogP contribution in [0.15, 0.2) is 59.7 Å². The Labute approximate surface area is 167 Å². The third-order valence-corrected chi connectivity index (χ3v) is 5.37. The Morgan fingerprint density at radius 1 is 1.18 bits per heavy atom. The van der Waals surface area contributed by atoms with Crippen molar-refractivity contribution >= 4 is 29.1 Å². The average molecular weight is 393 g/mol. The van der Waals surface area contributed by atoms with E-state index >= 15 is 0 Å². The van der Waals surface area contributed by atoms with E-state index < -0.39 is 0 Å². The molecule has 1 amide bonds. The zero-order chi connectivity index (χ0) is 19.3. The topological polar surface area (TPSA) is 59.7 Å². The number of carbonyl (C=O) groups is 1. The van der Waals surface area contributed by atoms with Crippen LogP contribution in [0.2, 0.25) is 5.02 Å². The summed E-state index contributed by atoms with van der Waals surface area (Å²) >= 11 is 6.15. The molecule has 7 heteroatoms. The normalized spacial score (nSPS) is 18.2. The molecule has 0 fully saturated rings. The molecular formula is C21H17ClN4O2. The predicted octanol–water partition coefficient (Wildman–Crippen LogP) is 3.70. The average Bonchev–Trinajstić information content (AvgIpc) is 3.33. The van der Waals surface area contributed by atoms with Crippen molar-refractivity contribution in [2.75, 3.05) is 18.6 Å². The minimum atomic E-state index is -0.0578. The first-order chi connectivity index (χ1) is 13.6. The van der Waals surface area contributed by atoms with Gasteiger partial charge in [0, 0.05) is 17.6 Å². The number of imidazole rings is 1. The van der Waals surface area contributed by atoms with Crippen molar-refractivity contribution in [2.24, 2.45) is 4.99 Å². The third-order valence-electron chi connectivity index (χ3n) is 5.14. The van der Waals surface area contributed by atoms with E-state index in [9.17, 15) is 4.79 Å². The molecule has 3 aromatic rings. The van der Waals surface area contributed by atoms with Crippen LogP contribution >= 0.6 is 11.6 Å². The van der Waals surface area contributed by atoms with Gasteiger partial charge >= 0.3 is 0 Å². The van der Waals surface area contributed by atoms with Gasteiger partial charge in [-0.05, 0) is 23.8 Å². The van der Waals surface area contributed by atoms with E-state index in [4.69, 9.17) is 21.3 Å². The number of halogens is 1. The Bertz CT molecular complexity index is 1110. The molecule has 0 spiro atoms. The number of amides is 1. The van der Waals surface area contributed by atoms with E-state index in [1.807, 2.05) is 41.0 Å². The zero-order valence-corrected chi connectivity index (χ0v) is 15.9. The molecule has 6 nitrogen and oxygen atoms in total. The van der Waals surface area contributed by atoms with Crippen LogP contribution in [0.5, 0.6) is 0 Å². The maximum absolute atomic E-state index is 12.8. The largest absolute Gasteiger partial charge is 0.474 e. The molecule has 2 aromatic carbocycles. The lowest BCUT2D eigenvalue weighted by atomic mass is 10.1. The van der Waals surface area contributed by atoms with Gasteiger partial charge in [-0.3, -0.25) is 4.79 Å². The van der Waals surface area contributed by atoms with Crippen LogP contribution in [0.25, 0.3) is 11.4 Å². The van der Waals surface area contributed by atoms with Gasteiger partial charge in [0.25, 0.3) is 0 Å². The quantitative estimate of drug-likeness (QED) is 0.668. The number of likely N-dealkylation sites (N-methyl/N-ethyl adjacent to an activating group) is 1. The highest BCUT2D eigenvalue weighted by molar-refractivity contribution is 6.31. The molecule has 0 N–H and O–H groups in total. The number of hydrogen-bond acceptors (Lipinski definition) is 4. The van der Waals surface area contributed by atoms with Crippen molar-refractivity contribution in [3.8, 4) is 11.4 Å². The lowest BCUT2D eigenvalue weighted by Gasteiger charge is -2.17. The molecule has 2 aliphatic rings. The second-order valence-electron chi connectivity index (χ2n) is 6.84. The summed E-state index contributed by atoms with van der Waals surface area (Å²) in [5.74, 6) is 1.16. The fraction of sp³-hybridized carbons (Fsp3) is 0.190. The predicted molar refractivity (Wildman–Crippen MR) is 108 cm³/mol. The van der Waals surface area contributed by atoms with Crippen LogP contribution < -0.4 is 4.90 Å². The van der Waals surface area contributed by atoms with Gasteiger partial charge in [-0.2, -0.15) is 0 Å². The Morgan fingerprint density at radius 3 is 2.82 bits per heavy atom. The van der Waals surface area contributed by atoms with E-state index in [0.29, 0.717) is 29.0 Å². The maximum Gasteiger partial charge on any atom is 0.246 e. The summed E-state index contributed by atoms with van der Waals surface area (Å²) in [6.45, 7) is 0.631. The molecule has 0 unspecified atom stereocenters. The number of ether oxygens (including phenoxy) is 1. The summed E-state index contributed by atoms with van der Waals surface area (Å²) in [5.41, 5.74) is 3.40. The van der Waals surface area contributed by atoms with Gasteiger partial charge in [0.15, 0.2) is 0 Å². The number of benzene rings is 2. The van der Waals surface area contributed by atoms with E-state index in [2.05, 4.69) is 4.98 Å². The summed E-state index contributed by atoms with van der Waals surface area (Å²) in [6.07, 6.45) is 1.72. The highest BCUT2D eigenvalue weighted by Crippen LogP contribution is 2.36. The molecule has 0 aliphatic carbocycles. The van der Waals surface area contributed by atoms with Gasteiger partial charge in [0.05, 0.1) is 11.9 Å². The first kappa shape index (κ1) is 17.0. The smallest absolute Gasteiger partial charge is 0.246 e. The van der Waals surface area contributed by atoms with Crippen LogP contribution in [0, 0.1) is 0 Å². The summed E-state index contributed by atoms with van der Waals surface area (Å²) in [6, 6.07) is 15.5. The lowest BCUT2D eigenvalue weighted by Crippen LogP contribution is -2.29. The van der Waals surface area contributed by atoms with Crippen molar-refractivity contribution in [2.45, 2.75) is 12.6 Å². The van der Waals surface area contributed by atoms with Crippen LogP contribution in [0.1, 0.15) is 17.3 Å². The van der Waals surface area contributed by atoms with Crippen LogP contribution in [0.3, 0.4) is 0 Å². The molecule has 0 bridgehead atoms. The first-order valence-corrected chi connectivity index (χ1v) is 9.37. The zero-order valence-electron chi connectivity index (χ0n) is 15.2. The van der Waals surface area contributed by atoms with Crippen molar-refractivity contribution < 1.29 is 9.53 Å². The third kappa shape index (κ3) is 2.68. The number of nitrogens with zero attached hydrogens (tertiary/aromatic N) is 4. The Kier molecular flexibility index (Phi) is 3.94. The second kappa shape index (κ2) is 6.49. The van der Waals surface area contributed by atoms with E-state index in [1.54, 1.807) is 30.3 Å². The van der Waals surface area contributed by atoms with Crippen molar-refractivity contribution in [3.05, 3.63) is 71.0 Å². The lowest BCUT2D eigenvalue weighted by molar-refractivity contribution is -0.118. The SMILES string of the molecule is CN1C(=O)Cn2c(C3=N[C@@H](c4ccccc4)CO3)cnc2-c2ccc(Cl)cc21. The molecule has 2 aliphatic heterocycles. The van der Waals surface area contributed by atoms with Crippen LogP contribution in [0.4, 0.5) is 5.69 Å². The number of carbonyl (C=O) groups excluding carboxylic acids is 1.